The second-order valence-corrected chi connectivity index (χ2v) is 7.06. The number of aliphatic carboxylic acids is 3. The molecule has 0 fully saturated rings. The van der Waals surface area contributed by atoms with E-state index in [0.29, 0.717) is 6.42 Å². The van der Waals surface area contributed by atoms with Crippen molar-refractivity contribution in [2.45, 2.75) is 37.4 Å². The summed E-state index contributed by atoms with van der Waals surface area (Å²) in [6, 6.07) is 12.8. The van der Waals surface area contributed by atoms with Gasteiger partial charge < -0.3 is 43.4 Å². The molecule has 0 aliphatic heterocycles. The zero-order valence-electron chi connectivity index (χ0n) is 18.3. The Morgan fingerprint density at radius 3 is 1.35 bits per heavy atom. The molecule has 12 nitrogen and oxygen atoms in total. The summed E-state index contributed by atoms with van der Waals surface area (Å²) in [5.74, 6) is -3.74. The van der Waals surface area contributed by atoms with E-state index in [1.807, 2.05) is 30.3 Å². The number of rotatable bonds is 9. The maximum absolute atomic E-state index is 10.4. The number of primary amides is 1. The van der Waals surface area contributed by atoms with Crippen molar-refractivity contribution in [3.8, 4) is 5.75 Å². The Labute approximate surface area is 195 Å². The molecule has 2 rings (SSSR count). The van der Waals surface area contributed by atoms with Gasteiger partial charge in [0.05, 0.1) is 6.42 Å². The normalized spacial score (nSPS) is 12.4. The van der Waals surface area contributed by atoms with Crippen LogP contribution in [0.3, 0.4) is 0 Å². The number of benzene rings is 2. The van der Waals surface area contributed by atoms with Crippen molar-refractivity contribution < 1.29 is 39.6 Å². The van der Waals surface area contributed by atoms with E-state index in [1.54, 1.807) is 12.1 Å². The largest absolute Gasteiger partial charge is 0.508 e. The molecular formula is C22H30N4O8. The number of hydrogen-bond acceptors (Lipinski definition) is 8. The van der Waals surface area contributed by atoms with Gasteiger partial charge in [0.15, 0.2) is 0 Å². The summed E-state index contributed by atoms with van der Waals surface area (Å²) >= 11 is 0. The van der Waals surface area contributed by atoms with Crippen LogP contribution in [0.25, 0.3) is 0 Å². The molecule has 0 saturated heterocycles. The Bertz CT molecular complexity index is 922. The number of carboxylic acid groups (broad SMARTS) is 3. The molecule has 0 aliphatic carbocycles. The molecular weight excluding hydrogens is 448 g/mol. The molecule has 3 unspecified atom stereocenters. The molecule has 186 valence electrons. The highest BCUT2D eigenvalue weighted by atomic mass is 16.4. The van der Waals surface area contributed by atoms with Gasteiger partial charge in [-0.25, -0.2) is 0 Å². The van der Waals surface area contributed by atoms with Gasteiger partial charge in [-0.1, -0.05) is 42.5 Å². The van der Waals surface area contributed by atoms with Crippen LogP contribution in [0, 0.1) is 0 Å². The van der Waals surface area contributed by atoms with Crippen molar-refractivity contribution in [2.75, 3.05) is 0 Å². The maximum Gasteiger partial charge on any atom is 0.321 e. The van der Waals surface area contributed by atoms with Crippen LogP contribution >= 0.6 is 0 Å². The Morgan fingerprint density at radius 2 is 1.03 bits per heavy atom. The van der Waals surface area contributed by atoms with Gasteiger partial charge in [0.2, 0.25) is 5.91 Å². The molecule has 0 aliphatic rings. The van der Waals surface area contributed by atoms with Gasteiger partial charge in [0.25, 0.3) is 0 Å². The minimum absolute atomic E-state index is 0.160. The fraction of sp³-hybridized carbons (Fsp3) is 0.273. The number of carbonyl (C=O) groups is 4. The van der Waals surface area contributed by atoms with Gasteiger partial charge in [0, 0.05) is 0 Å². The molecule has 0 saturated carbocycles. The first-order valence-corrected chi connectivity index (χ1v) is 9.88. The van der Waals surface area contributed by atoms with E-state index in [-0.39, 0.29) is 18.6 Å². The lowest BCUT2D eigenvalue weighted by molar-refractivity contribution is -0.140. The van der Waals surface area contributed by atoms with Crippen LogP contribution in [-0.2, 0) is 32.0 Å². The van der Waals surface area contributed by atoms with E-state index < -0.39 is 41.9 Å². The van der Waals surface area contributed by atoms with Gasteiger partial charge in [-0.3, -0.25) is 19.2 Å². The van der Waals surface area contributed by atoms with Crippen LogP contribution in [0.5, 0.6) is 5.75 Å². The van der Waals surface area contributed by atoms with E-state index >= 15 is 0 Å². The Hall–Kier alpha value is -4.00. The summed E-state index contributed by atoms with van der Waals surface area (Å²) in [5.41, 5.74) is 22.0. The Kier molecular flexibility index (Phi) is 13.9. The zero-order chi connectivity index (χ0) is 26.3. The molecule has 34 heavy (non-hydrogen) atoms. The molecule has 1 amide bonds. The average Bonchev–Trinajstić information content (AvgIpc) is 2.76. The van der Waals surface area contributed by atoms with Crippen molar-refractivity contribution >= 4 is 23.8 Å². The molecule has 0 heterocycles. The van der Waals surface area contributed by atoms with Gasteiger partial charge in [-0.2, -0.15) is 0 Å². The maximum atomic E-state index is 10.4. The highest BCUT2D eigenvalue weighted by Gasteiger charge is 2.13. The summed E-state index contributed by atoms with van der Waals surface area (Å²) in [6.45, 7) is 0. The summed E-state index contributed by atoms with van der Waals surface area (Å²) in [6.07, 6.45) is 0.348. The Balaban J connectivity index is 0.000000490. The molecule has 0 spiro atoms. The fourth-order valence-electron chi connectivity index (χ4n) is 2.23. The molecule has 0 bridgehead atoms. The monoisotopic (exact) mass is 478 g/mol. The standard InChI is InChI=1S/C9H11NO3.C9H11NO2.C4H8N2O3/c10-8(9(12)13)5-6-1-3-7(11)4-2-6;10-8(9(11)12)6-7-4-2-1-3-5-7;5-2(4(8)9)1-3(6)7/h1-4,8,11H,5,10H2,(H,12,13);1-5,8H,6,10H2,(H,11,12);2H,1,5H2,(H2,6,7)(H,8,9). The number of aromatic hydroxyl groups is 1. The number of amides is 1. The number of carboxylic acids is 3. The van der Waals surface area contributed by atoms with Gasteiger partial charge >= 0.3 is 17.9 Å². The molecule has 2 aromatic carbocycles. The van der Waals surface area contributed by atoms with E-state index in [4.69, 9.17) is 37.6 Å². The third kappa shape index (κ3) is 14.1. The lowest BCUT2D eigenvalue weighted by atomic mass is 10.1. The third-order valence-corrected chi connectivity index (χ3v) is 4.06. The zero-order valence-corrected chi connectivity index (χ0v) is 18.3. The number of nitrogens with two attached hydrogens (primary N) is 4. The number of carbonyl (C=O) groups excluding carboxylic acids is 1. The number of phenols is 1. The molecule has 0 aromatic heterocycles. The quantitative estimate of drug-likeness (QED) is 0.223. The molecule has 12 N–H and O–H groups in total. The number of phenolic OH excluding ortho intramolecular Hbond substituents is 1. The molecule has 3 atom stereocenters. The lowest BCUT2D eigenvalue weighted by Gasteiger charge is -2.05. The Morgan fingerprint density at radius 1 is 0.647 bits per heavy atom. The van der Waals surface area contributed by atoms with Crippen LogP contribution in [0.2, 0.25) is 0 Å². The summed E-state index contributed by atoms with van der Waals surface area (Å²) in [4.78, 5) is 40.7. The van der Waals surface area contributed by atoms with E-state index in [9.17, 15) is 19.2 Å². The second kappa shape index (κ2) is 15.7. The second-order valence-electron chi connectivity index (χ2n) is 7.06. The molecule has 12 heteroatoms. The van der Waals surface area contributed by atoms with E-state index in [0.717, 1.165) is 11.1 Å². The minimum atomic E-state index is -1.21. The third-order valence-electron chi connectivity index (χ3n) is 4.06. The lowest BCUT2D eigenvalue weighted by Crippen LogP contribution is -2.34. The number of hydrogen-bond donors (Lipinski definition) is 8. The van der Waals surface area contributed by atoms with Crippen LogP contribution in [0.4, 0.5) is 0 Å². The minimum Gasteiger partial charge on any atom is -0.508 e. The summed E-state index contributed by atoms with van der Waals surface area (Å²) < 4.78 is 0. The van der Waals surface area contributed by atoms with Crippen LogP contribution in [0.1, 0.15) is 17.5 Å². The van der Waals surface area contributed by atoms with Crippen LogP contribution < -0.4 is 22.9 Å². The van der Waals surface area contributed by atoms with Gasteiger partial charge in [-0.05, 0) is 36.1 Å². The van der Waals surface area contributed by atoms with Crippen molar-refractivity contribution in [3.05, 3.63) is 65.7 Å². The summed E-state index contributed by atoms with van der Waals surface area (Å²) in [7, 11) is 0. The predicted molar refractivity (Wildman–Crippen MR) is 123 cm³/mol. The molecule has 0 radical (unpaired) electrons. The van der Waals surface area contributed by atoms with Crippen molar-refractivity contribution in [2.24, 2.45) is 22.9 Å². The average molecular weight is 479 g/mol. The summed E-state index contributed by atoms with van der Waals surface area (Å²) in [5, 5.41) is 34.1. The van der Waals surface area contributed by atoms with Crippen LogP contribution in [0.15, 0.2) is 54.6 Å². The van der Waals surface area contributed by atoms with Crippen LogP contribution in [-0.4, -0.2) is 62.4 Å². The SMILES string of the molecule is NC(=O)CC(N)C(=O)O.NC(Cc1ccc(O)cc1)C(=O)O.NC(Cc1ccccc1)C(=O)O. The predicted octanol–water partition coefficient (Wildman–Crippen LogP) is -0.739. The van der Waals surface area contributed by atoms with E-state index in [1.165, 1.54) is 12.1 Å². The smallest absolute Gasteiger partial charge is 0.321 e. The van der Waals surface area contributed by atoms with Crippen molar-refractivity contribution in [3.63, 3.8) is 0 Å². The highest BCUT2D eigenvalue weighted by Crippen LogP contribution is 2.10. The first-order valence-electron chi connectivity index (χ1n) is 9.88. The topological polar surface area (TPSA) is 253 Å². The van der Waals surface area contributed by atoms with Gasteiger partial charge in [-0.15, -0.1) is 0 Å². The van der Waals surface area contributed by atoms with Crippen molar-refractivity contribution in [1.82, 2.24) is 0 Å². The first-order chi connectivity index (χ1) is 15.8. The van der Waals surface area contributed by atoms with Crippen molar-refractivity contribution in [1.29, 1.82) is 0 Å². The highest BCUT2D eigenvalue weighted by molar-refractivity contribution is 5.83. The first kappa shape index (κ1) is 30.0. The van der Waals surface area contributed by atoms with E-state index in [2.05, 4.69) is 5.73 Å². The van der Waals surface area contributed by atoms with Gasteiger partial charge in [0.1, 0.15) is 23.9 Å². The fourth-order valence-corrected chi connectivity index (χ4v) is 2.23. The molecule has 2 aromatic rings.